The Bertz CT molecular complexity index is 320. The zero-order valence-corrected chi connectivity index (χ0v) is 14.0. The van der Waals surface area contributed by atoms with Gasteiger partial charge in [-0.05, 0) is 41.7 Å². The number of hydrogen-bond acceptors (Lipinski definition) is 5. The maximum Gasteiger partial charge on any atom is 0.327 e. The van der Waals surface area contributed by atoms with E-state index >= 15 is 0 Å². The molecule has 0 bridgehead atoms. The molecule has 0 aliphatic carbocycles. The molecule has 0 aromatic heterocycles. The lowest BCUT2D eigenvalue weighted by Gasteiger charge is -2.44. The van der Waals surface area contributed by atoms with Gasteiger partial charge in [-0.3, -0.25) is 14.6 Å². The van der Waals surface area contributed by atoms with Crippen molar-refractivity contribution in [2.75, 3.05) is 46.4 Å². The lowest BCUT2D eigenvalue weighted by molar-refractivity contribution is -0.151. The van der Waals surface area contributed by atoms with Gasteiger partial charge in [0.05, 0.1) is 6.61 Å². The molecule has 1 heterocycles. The summed E-state index contributed by atoms with van der Waals surface area (Å²) in [6, 6.07) is 0. The van der Waals surface area contributed by atoms with Crippen LogP contribution in [0.2, 0.25) is 0 Å². The van der Waals surface area contributed by atoms with Gasteiger partial charge in [0.25, 0.3) is 0 Å². The predicted molar refractivity (Wildman–Crippen MR) is 81.9 cm³/mol. The fourth-order valence-electron chi connectivity index (χ4n) is 2.56. The second-order valence-corrected chi connectivity index (χ2v) is 6.74. The van der Waals surface area contributed by atoms with Gasteiger partial charge in [-0.15, -0.1) is 0 Å². The quantitative estimate of drug-likeness (QED) is 0.762. The lowest BCUT2D eigenvalue weighted by Crippen LogP contribution is -2.60. The van der Waals surface area contributed by atoms with Crippen LogP contribution < -0.4 is 5.32 Å². The molecule has 1 rings (SSSR count). The Labute approximate surface area is 123 Å². The third-order valence-corrected chi connectivity index (χ3v) is 4.14. The lowest BCUT2D eigenvalue weighted by atomic mass is 10.0. The molecule has 0 aromatic rings. The van der Waals surface area contributed by atoms with E-state index in [1.165, 1.54) is 0 Å². The van der Waals surface area contributed by atoms with Crippen molar-refractivity contribution >= 4 is 5.97 Å². The van der Waals surface area contributed by atoms with Crippen molar-refractivity contribution in [1.82, 2.24) is 15.1 Å². The van der Waals surface area contributed by atoms with Crippen LogP contribution in [0.15, 0.2) is 0 Å². The van der Waals surface area contributed by atoms with Gasteiger partial charge in [0.15, 0.2) is 0 Å². The first-order valence-corrected chi connectivity index (χ1v) is 7.56. The molecule has 5 nitrogen and oxygen atoms in total. The fraction of sp³-hybridized carbons (Fsp3) is 0.933. The monoisotopic (exact) mass is 285 g/mol. The SMILES string of the molecule is CCOC(=O)C(C)(CN1CCN(C(C)(C)C)CC1)NC. The zero-order chi connectivity index (χ0) is 15.4. The molecule has 0 amide bonds. The van der Waals surface area contributed by atoms with Crippen LogP contribution in [0.5, 0.6) is 0 Å². The summed E-state index contributed by atoms with van der Waals surface area (Å²) in [6.07, 6.45) is 0. The van der Waals surface area contributed by atoms with E-state index in [0.717, 1.165) is 26.2 Å². The van der Waals surface area contributed by atoms with Gasteiger partial charge in [0, 0.05) is 38.3 Å². The minimum absolute atomic E-state index is 0.166. The Kier molecular flexibility index (Phi) is 5.98. The van der Waals surface area contributed by atoms with E-state index in [9.17, 15) is 4.79 Å². The van der Waals surface area contributed by atoms with E-state index < -0.39 is 5.54 Å². The maximum atomic E-state index is 12.1. The Balaban J connectivity index is 2.55. The molecule has 1 N–H and O–H groups in total. The number of rotatable bonds is 5. The summed E-state index contributed by atoms with van der Waals surface area (Å²) in [4.78, 5) is 16.9. The van der Waals surface area contributed by atoms with Crippen molar-refractivity contribution in [1.29, 1.82) is 0 Å². The molecule has 20 heavy (non-hydrogen) atoms. The molecule has 5 heteroatoms. The van der Waals surface area contributed by atoms with Crippen molar-refractivity contribution < 1.29 is 9.53 Å². The van der Waals surface area contributed by atoms with Crippen LogP contribution in [0.25, 0.3) is 0 Å². The van der Waals surface area contributed by atoms with E-state index in [1.807, 2.05) is 20.9 Å². The van der Waals surface area contributed by atoms with Crippen LogP contribution in [0.4, 0.5) is 0 Å². The second kappa shape index (κ2) is 6.87. The number of ether oxygens (including phenoxy) is 1. The number of esters is 1. The Hall–Kier alpha value is -0.650. The summed E-state index contributed by atoms with van der Waals surface area (Å²) in [5.41, 5.74) is -0.403. The maximum absolute atomic E-state index is 12.1. The summed E-state index contributed by atoms with van der Waals surface area (Å²) in [5.74, 6) is -0.166. The smallest absolute Gasteiger partial charge is 0.327 e. The van der Waals surface area contributed by atoms with E-state index in [4.69, 9.17) is 4.74 Å². The molecule has 0 radical (unpaired) electrons. The van der Waals surface area contributed by atoms with Crippen LogP contribution in [0.1, 0.15) is 34.6 Å². The molecule has 1 fully saturated rings. The minimum atomic E-state index is -0.625. The summed E-state index contributed by atoms with van der Waals surface area (Å²) in [5, 5.41) is 3.12. The van der Waals surface area contributed by atoms with Crippen molar-refractivity contribution in [3.8, 4) is 0 Å². The highest BCUT2D eigenvalue weighted by Crippen LogP contribution is 2.17. The average molecular weight is 285 g/mol. The molecule has 118 valence electrons. The van der Waals surface area contributed by atoms with Crippen LogP contribution in [0, 0.1) is 0 Å². The van der Waals surface area contributed by atoms with Crippen molar-refractivity contribution in [3.05, 3.63) is 0 Å². The molecule has 1 unspecified atom stereocenters. The molecule has 1 aliphatic rings. The van der Waals surface area contributed by atoms with E-state index in [2.05, 4.69) is 35.9 Å². The largest absolute Gasteiger partial charge is 0.465 e. The van der Waals surface area contributed by atoms with E-state index in [1.54, 1.807) is 0 Å². The topological polar surface area (TPSA) is 44.8 Å². The Morgan fingerprint density at radius 3 is 2.10 bits per heavy atom. The van der Waals surface area contributed by atoms with Gasteiger partial charge in [0.2, 0.25) is 0 Å². The second-order valence-electron chi connectivity index (χ2n) is 6.74. The molecule has 1 atom stereocenters. The molecular formula is C15H31N3O2. The number of hydrogen-bond donors (Lipinski definition) is 1. The minimum Gasteiger partial charge on any atom is -0.465 e. The fourth-order valence-corrected chi connectivity index (χ4v) is 2.56. The van der Waals surface area contributed by atoms with Crippen LogP contribution in [-0.2, 0) is 9.53 Å². The summed E-state index contributed by atoms with van der Waals surface area (Å²) >= 11 is 0. The van der Waals surface area contributed by atoms with Crippen molar-refractivity contribution in [2.24, 2.45) is 0 Å². The van der Waals surface area contributed by atoms with Gasteiger partial charge < -0.3 is 10.1 Å². The van der Waals surface area contributed by atoms with Gasteiger partial charge in [-0.1, -0.05) is 0 Å². The van der Waals surface area contributed by atoms with Crippen molar-refractivity contribution in [3.63, 3.8) is 0 Å². The van der Waals surface area contributed by atoms with Gasteiger partial charge in [-0.2, -0.15) is 0 Å². The number of carbonyl (C=O) groups excluding carboxylic acids is 1. The number of nitrogens with zero attached hydrogens (tertiary/aromatic N) is 2. The van der Waals surface area contributed by atoms with E-state index in [0.29, 0.717) is 13.2 Å². The highest BCUT2D eigenvalue weighted by molar-refractivity contribution is 5.80. The van der Waals surface area contributed by atoms with Gasteiger partial charge >= 0.3 is 5.97 Å². The average Bonchev–Trinajstić information content (AvgIpc) is 2.38. The normalized spacial score (nSPS) is 21.5. The van der Waals surface area contributed by atoms with E-state index in [-0.39, 0.29) is 11.5 Å². The van der Waals surface area contributed by atoms with Crippen LogP contribution >= 0.6 is 0 Å². The van der Waals surface area contributed by atoms with Gasteiger partial charge in [0.1, 0.15) is 5.54 Å². The molecule has 1 aliphatic heterocycles. The highest BCUT2D eigenvalue weighted by Gasteiger charge is 2.36. The first-order chi connectivity index (χ1) is 9.23. The molecule has 1 saturated heterocycles. The predicted octanol–water partition coefficient (Wildman–Crippen LogP) is 0.944. The Morgan fingerprint density at radius 1 is 1.15 bits per heavy atom. The number of nitrogens with one attached hydrogen (secondary N) is 1. The number of likely N-dealkylation sites (N-methyl/N-ethyl adjacent to an activating group) is 1. The zero-order valence-electron chi connectivity index (χ0n) is 14.0. The standard InChI is InChI=1S/C15H31N3O2/c1-7-20-13(19)15(5,16-6)12-17-8-10-18(11-9-17)14(2,3)4/h16H,7-12H2,1-6H3. The van der Waals surface area contributed by atoms with Crippen LogP contribution in [-0.4, -0.2) is 73.2 Å². The first-order valence-electron chi connectivity index (χ1n) is 7.56. The molecular weight excluding hydrogens is 254 g/mol. The third kappa shape index (κ3) is 4.43. The molecule has 0 aromatic carbocycles. The number of carbonyl (C=O) groups is 1. The van der Waals surface area contributed by atoms with Gasteiger partial charge in [-0.25, -0.2) is 0 Å². The molecule has 0 spiro atoms. The van der Waals surface area contributed by atoms with Crippen molar-refractivity contribution in [2.45, 2.75) is 45.7 Å². The third-order valence-electron chi connectivity index (χ3n) is 4.14. The first kappa shape index (κ1) is 17.4. The Morgan fingerprint density at radius 2 is 1.70 bits per heavy atom. The highest BCUT2D eigenvalue weighted by atomic mass is 16.5. The number of piperazine rings is 1. The summed E-state index contributed by atoms with van der Waals surface area (Å²) in [6.45, 7) is 15.7. The molecule has 0 saturated carbocycles. The summed E-state index contributed by atoms with van der Waals surface area (Å²) < 4.78 is 5.18. The summed E-state index contributed by atoms with van der Waals surface area (Å²) in [7, 11) is 1.82. The van der Waals surface area contributed by atoms with Crippen LogP contribution in [0.3, 0.4) is 0 Å².